The zero-order valence-corrected chi connectivity index (χ0v) is 15.3. The molecule has 134 valence electrons. The Balaban J connectivity index is 2.29. The second kappa shape index (κ2) is 8.13. The predicted octanol–water partition coefficient (Wildman–Crippen LogP) is 2.20. The molecule has 0 fully saturated rings. The molecular weight excluding hydrogens is 340 g/mol. The molecule has 0 aromatic heterocycles. The molecule has 0 saturated heterocycles. The van der Waals surface area contributed by atoms with Gasteiger partial charge in [-0.2, -0.15) is 0 Å². The van der Waals surface area contributed by atoms with Crippen molar-refractivity contribution in [2.24, 2.45) is 0 Å². The lowest BCUT2D eigenvalue weighted by atomic mass is 10.2. The van der Waals surface area contributed by atoms with Crippen molar-refractivity contribution in [3.63, 3.8) is 0 Å². The Kier molecular flexibility index (Phi) is 6.17. The van der Waals surface area contributed by atoms with Gasteiger partial charge in [-0.3, -0.25) is 9.10 Å². The highest BCUT2D eigenvalue weighted by atomic mass is 32.2. The summed E-state index contributed by atoms with van der Waals surface area (Å²) in [7, 11) is -0.722. The number of anilines is 1. The van der Waals surface area contributed by atoms with Crippen molar-refractivity contribution < 1.29 is 17.9 Å². The van der Waals surface area contributed by atoms with Crippen molar-refractivity contribution in [1.29, 1.82) is 0 Å². The van der Waals surface area contributed by atoms with Crippen LogP contribution in [0.2, 0.25) is 0 Å². The highest BCUT2D eigenvalue weighted by Gasteiger charge is 2.23. The number of hydrogen-bond donors (Lipinski definition) is 1. The van der Waals surface area contributed by atoms with Crippen LogP contribution in [0.3, 0.4) is 0 Å². The van der Waals surface area contributed by atoms with E-state index in [2.05, 4.69) is 5.32 Å². The normalized spacial score (nSPS) is 11.2. The third kappa shape index (κ3) is 4.37. The lowest BCUT2D eigenvalue weighted by molar-refractivity contribution is 0.0937. The number of para-hydroxylation sites is 1. The van der Waals surface area contributed by atoms with E-state index in [1.54, 1.807) is 31.4 Å². The first kappa shape index (κ1) is 19.0. The van der Waals surface area contributed by atoms with Crippen molar-refractivity contribution in [2.75, 3.05) is 31.6 Å². The number of amides is 1. The number of carbonyl (C=O) groups is 1. The Bertz CT molecular complexity index is 850. The van der Waals surface area contributed by atoms with E-state index in [1.807, 2.05) is 19.1 Å². The molecule has 0 aliphatic carbocycles. The van der Waals surface area contributed by atoms with Gasteiger partial charge in [-0.05, 0) is 36.8 Å². The SMILES string of the molecule is COCCNC(=O)c1cccc(S(=O)(=O)N(C)c2ccccc2C)c1. The van der Waals surface area contributed by atoms with Crippen LogP contribution < -0.4 is 9.62 Å². The fraction of sp³-hybridized carbons (Fsp3) is 0.278. The van der Waals surface area contributed by atoms with Crippen LogP contribution in [0.15, 0.2) is 53.4 Å². The van der Waals surface area contributed by atoms with Gasteiger partial charge in [0.1, 0.15) is 0 Å². The first-order valence-electron chi connectivity index (χ1n) is 7.79. The monoisotopic (exact) mass is 362 g/mol. The van der Waals surface area contributed by atoms with Crippen LogP contribution in [0.1, 0.15) is 15.9 Å². The standard InChI is InChI=1S/C18H22N2O4S/c1-14-7-4-5-10-17(14)20(2)25(22,23)16-9-6-8-15(13-16)18(21)19-11-12-24-3/h4-10,13H,11-12H2,1-3H3,(H,19,21). The van der Waals surface area contributed by atoms with Crippen LogP contribution in [0.5, 0.6) is 0 Å². The highest BCUT2D eigenvalue weighted by Crippen LogP contribution is 2.25. The van der Waals surface area contributed by atoms with Gasteiger partial charge in [0.05, 0.1) is 17.2 Å². The van der Waals surface area contributed by atoms with E-state index in [0.29, 0.717) is 18.8 Å². The van der Waals surface area contributed by atoms with Gasteiger partial charge in [0.25, 0.3) is 15.9 Å². The molecule has 0 bridgehead atoms. The third-order valence-electron chi connectivity index (χ3n) is 3.80. The molecule has 2 rings (SSSR count). The second-order valence-corrected chi connectivity index (χ2v) is 7.50. The third-order valence-corrected chi connectivity index (χ3v) is 5.57. The van der Waals surface area contributed by atoms with E-state index in [9.17, 15) is 13.2 Å². The van der Waals surface area contributed by atoms with Gasteiger partial charge in [-0.25, -0.2) is 8.42 Å². The molecule has 0 aliphatic heterocycles. The number of nitrogens with zero attached hydrogens (tertiary/aromatic N) is 1. The minimum atomic E-state index is -3.77. The van der Waals surface area contributed by atoms with Crippen molar-refractivity contribution in [3.05, 3.63) is 59.7 Å². The minimum Gasteiger partial charge on any atom is -0.383 e. The fourth-order valence-corrected chi connectivity index (χ4v) is 3.68. The Labute approximate surface area is 148 Å². The van der Waals surface area contributed by atoms with Crippen molar-refractivity contribution in [2.45, 2.75) is 11.8 Å². The summed E-state index contributed by atoms with van der Waals surface area (Å²) >= 11 is 0. The number of rotatable bonds is 7. The predicted molar refractivity (Wildman–Crippen MR) is 97.4 cm³/mol. The summed E-state index contributed by atoms with van der Waals surface area (Å²) in [5.41, 5.74) is 1.73. The number of hydrogen-bond acceptors (Lipinski definition) is 4. The highest BCUT2D eigenvalue weighted by molar-refractivity contribution is 7.92. The average Bonchev–Trinajstić information content (AvgIpc) is 2.61. The molecular formula is C18H22N2O4S. The molecule has 0 unspecified atom stereocenters. The maximum Gasteiger partial charge on any atom is 0.264 e. The summed E-state index contributed by atoms with van der Waals surface area (Å²) in [4.78, 5) is 12.2. The molecule has 0 saturated carbocycles. The van der Waals surface area contributed by atoms with Crippen molar-refractivity contribution >= 4 is 21.6 Å². The fourth-order valence-electron chi connectivity index (χ4n) is 2.37. The Hall–Kier alpha value is -2.38. The molecule has 0 spiro atoms. The van der Waals surface area contributed by atoms with Crippen LogP contribution >= 0.6 is 0 Å². The Morgan fingerprint density at radius 3 is 2.56 bits per heavy atom. The van der Waals surface area contributed by atoms with E-state index < -0.39 is 10.0 Å². The zero-order valence-electron chi connectivity index (χ0n) is 14.5. The molecule has 0 atom stereocenters. The molecule has 0 heterocycles. The van der Waals surface area contributed by atoms with E-state index in [-0.39, 0.29) is 16.4 Å². The van der Waals surface area contributed by atoms with E-state index >= 15 is 0 Å². The number of carbonyl (C=O) groups excluding carboxylic acids is 1. The molecule has 7 heteroatoms. The van der Waals surface area contributed by atoms with Gasteiger partial charge >= 0.3 is 0 Å². The number of aryl methyl sites for hydroxylation is 1. The van der Waals surface area contributed by atoms with Gasteiger partial charge in [0.2, 0.25) is 0 Å². The second-order valence-electron chi connectivity index (χ2n) is 5.54. The van der Waals surface area contributed by atoms with Gasteiger partial charge in [0, 0.05) is 26.3 Å². The molecule has 2 aromatic carbocycles. The van der Waals surface area contributed by atoms with Crippen LogP contribution in [0, 0.1) is 6.92 Å². The van der Waals surface area contributed by atoms with Crippen molar-refractivity contribution in [3.8, 4) is 0 Å². The largest absolute Gasteiger partial charge is 0.383 e. The van der Waals surface area contributed by atoms with Gasteiger partial charge < -0.3 is 10.1 Å². The molecule has 2 aromatic rings. The number of sulfonamides is 1. The van der Waals surface area contributed by atoms with E-state index in [1.165, 1.54) is 23.5 Å². The van der Waals surface area contributed by atoms with Crippen LogP contribution in [0.25, 0.3) is 0 Å². The molecule has 1 N–H and O–H groups in total. The van der Waals surface area contributed by atoms with Crippen LogP contribution in [-0.2, 0) is 14.8 Å². The van der Waals surface area contributed by atoms with Crippen molar-refractivity contribution in [1.82, 2.24) is 5.32 Å². The van der Waals surface area contributed by atoms with Crippen LogP contribution in [0.4, 0.5) is 5.69 Å². The molecule has 0 aliphatic rings. The summed E-state index contributed by atoms with van der Waals surface area (Å²) in [5.74, 6) is -0.340. The summed E-state index contributed by atoms with van der Waals surface area (Å²) in [6, 6.07) is 13.2. The summed E-state index contributed by atoms with van der Waals surface area (Å²) in [5, 5.41) is 2.68. The summed E-state index contributed by atoms with van der Waals surface area (Å²) in [6.45, 7) is 2.59. The molecule has 1 amide bonds. The Morgan fingerprint density at radius 1 is 1.16 bits per heavy atom. The zero-order chi connectivity index (χ0) is 18.4. The first-order valence-corrected chi connectivity index (χ1v) is 9.23. The van der Waals surface area contributed by atoms with Crippen LogP contribution in [-0.4, -0.2) is 41.6 Å². The minimum absolute atomic E-state index is 0.0673. The Morgan fingerprint density at radius 2 is 1.88 bits per heavy atom. The maximum absolute atomic E-state index is 12.9. The summed E-state index contributed by atoms with van der Waals surface area (Å²) in [6.07, 6.45) is 0. The van der Waals surface area contributed by atoms with Gasteiger partial charge in [-0.1, -0.05) is 24.3 Å². The number of nitrogens with one attached hydrogen (secondary N) is 1. The topological polar surface area (TPSA) is 75.7 Å². The number of methoxy groups -OCH3 is 1. The number of ether oxygens (including phenoxy) is 1. The summed E-state index contributed by atoms with van der Waals surface area (Å²) < 4.78 is 31.9. The average molecular weight is 362 g/mol. The quantitative estimate of drug-likeness (QED) is 0.766. The number of benzene rings is 2. The van der Waals surface area contributed by atoms with E-state index in [0.717, 1.165) is 5.56 Å². The molecule has 25 heavy (non-hydrogen) atoms. The molecule has 6 nitrogen and oxygen atoms in total. The lowest BCUT2D eigenvalue weighted by Gasteiger charge is -2.21. The first-order chi connectivity index (χ1) is 11.9. The van der Waals surface area contributed by atoms with Gasteiger partial charge in [-0.15, -0.1) is 0 Å². The molecule has 0 radical (unpaired) electrons. The smallest absolute Gasteiger partial charge is 0.264 e. The maximum atomic E-state index is 12.9. The van der Waals surface area contributed by atoms with Gasteiger partial charge in [0.15, 0.2) is 0 Å². The van der Waals surface area contributed by atoms with E-state index in [4.69, 9.17) is 4.74 Å². The lowest BCUT2D eigenvalue weighted by Crippen LogP contribution is -2.29.